The minimum atomic E-state index is -0.115. The highest BCUT2D eigenvalue weighted by atomic mass is 16.3. The lowest BCUT2D eigenvalue weighted by atomic mass is 9.99. The third-order valence-corrected chi connectivity index (χ3v) is 4.03. The van der Waals surface area contributed by atoms with Crippen molar-refractivity contribution in [2.45, 2.75) is 37.8 Å². The van der Waals surface area contributed by atoms with E-state index in [4.69, 9.17) is 0 Å². The van der Waals surface area contributed by atoms with Crippen LogP contribution in [0.3, 0.4) is 0 Å². The average Bonchev–Trinajstić information content (AvgIpc) is 3.16. The summed E-state index contributed by atoms with van der Waals surface area (Å²) in [4.78, 5) is 1.64. The molecule has 0 spiro atoms. The molecule has 0 saturated heterocycles. The van der Waals surface area contributed by atoms with E-state index in [1.165, 1.54) is 12.8 Å². The van der Waals surface area contributed by atoms with E-state index in [9.17, 15) is 5.11 Å². The Morgan fingerprint density at radius 3 is 2.65 bits per heavy atom. The summed E-state index contributed by atoms with van der Waals surface area (Å²) in [6.45, 7) is 0.840. The number of rotatable bonds is 5. The maximum Gasteiger partial charge on any atom is 0.0969 e. The SMILES string of the molecule is OCC1(NCc2cnn(-c3ccccc3)n2)CCCC1. The first-order valence-electron chi connectivity index (χ1n) is 7.14. The van der Waals surface area contributed by atoms with Crippen molar-refractivity contribution in [1.29, 1.82) is 0 Å². The molecule has 1 fully saturated rings. The molecule has 20 heavy (non-hydrogen) atoms. The molecule has 5 nitrogen and oxygen atoms in total. The van der Waals surface area contributed by atoms with Crippen LogP contribution in [0, 0.1) is 0 Å². The summed E-state index contributed by atoms with van der Waals surface area (Å²) < 4.78 is 0. The van der Waals surface area contributed by atoms with Gasteiger partial charge >= 0.3 is 0 Å². The molecule has 1 saturated carbocycles. The number of para-hydroxylation sites is 1. The zero-order chi connectivity index (χ0) is 13.8. The van der Waals surface area contributed by atoms with Crippen molar-refractivity contribution in [2.75, 3.05) is 6.61 Å². The zero-order valence-electron chi connectivity index (χ0n) is 11.5. The normalized spacial score (nSPS) is 17.4. The van der Waals surface area contributed by atoms with Gasteiger partial charge in [0.05, 0.1) is 24.2 Å². The van der Waals surface area contributed by atoms with Gasteiger partial charge in [0.1, 0.15) is 0 Å². The smallest absolute Gasteiger partial charge is 0.0969 e. The van der Waals surface area contributed by atoms with Crippen LogP contribution in [0.5, 0.6) is 0 Å². The number of hydrogen-bond donors (Lipinski definition) is 2. The molecule has 0 unspecified atom stereocenters. The molecule has 106 valence electrons. The number of benzene rings is 1. The Morgan fingerprint density at radius 1 is 1.20 bits per heavy atom. The largest absolute Gasteiger partial charge is 0.394 e. The Hall–Kier alpha value is -1.72. The molecule has 1 aliphatic rings. The highest BCUT2D eigenvalue weighted by Gasteiger charge is 2.32. The van der Waals surface area contributed by atoms with Gasteiger partial charge in [-0.1, -0.05) is 31.0 Å². The number of nitrogens with zero attached hydrogens (tertiary/aromatic N) is 3. The first kappa shape index (κ1) is 13.3. The number of hydrogen-bond acceptors (Lipinski definition) is 4. The van der Waals surface area contributed by atoms with Gasteiger partial charge in [-0.05, 0) is 25.0 Å². The van der Waals surface area contributed by atoms with Crippen molar-refractivity contribution in [3.05, 3.63) is 42.2 Å². The van der Waals surface area contributed by atoms with Crippen LogP contribution in [0.25, 0.3) is 5.69 Å². The molecule has 2 N–H and O–H groups in total. The van der Waals surface area contributed by atoms with E-state index in [1.807, 2.05) is 30.3 Å². The van der Waals surface area contributed by atoms with Crippen LogP contribution < -0.4 is 5.32 Å². The Kier molecular flexibility index (Phi) is 3.80. The molecule has 0 amide bonds. The molecule has 0 aliphatic heterocycles. The topological polar surface area (TPSA) is 63.0 Å². The lowest BCUT2D eigenvalue weighted by Gasteiger charge is -2.27. The fourth-order valence-electron chi connectivity index (χ4n) is 2.78. The van der Waals surface area contributed by atoms with Crippen LogP contribution in [-0.4, -0.2) is 32.2 Å². The summed E-state index contributed by atoms with van der Waals surface area (Å²) in [6.07, 6.45) is 6.22. The number of aromatic nitrogens is 3. The molecule has 1 aliphatic carbocycles. The zero-order valence-corrected chi connectivity index (χ0v) is 11.5. The molecule has 1 aromatic heterocycles. The van der Waals surface area contributed by atoms with E-state index < -0.39 is 0 Å². The molecule has 1 heterocycles. The molecule has 1 aromatic carbocycles. The first-order valence-corrected chi connectivity index (χ1v) is 7.14. The Morgan fingerprint density at radius 2 is 1.95 bits per heavy atom. The van der Waals surface area contributed by atoms with Gasteiger partial charge in [0.25, 0.3) is 0 Å². The molecular weight excluding hydrogens is 252 g/mol. The summed E-state index contributed by atoms with van der Waals surface area (Å²) >= 11 is 0. The third-order valence-electron chi connectivity index (χ3n) is 4.03. The second-order valence-corrected chi connectivity index (χ2v) is 5.46. The highest BCUT2D eigenvalue weighted by molar-refractivity contribution is 5.28. The Labute approximate surface area is 118 Å². The van der Waals surface area contributed by atoms with Crippen molar-refractivity contribution >= 4 is 0 Å². The van der Waals surface area contributed by atoms with E-state index in [0.29, 0.717) is 6.54 Å². The van der Waals surface area contributed by atoms with Crippen molar-refractivity contribution in [2.24, 2.45) is 0 Å². The van der Waals surface area contributed by atoms with E-state index >= 15 is 0 Å². The van der Waals surface area contributed by atoms with E-state index in [0.717, 1.165) is 24.2 Å². The summed E-state index contributed by atoms with van der Waals surface area (Å²) in [5, 5.41) is 21.8. The fourth-order valence-corrected chi connectivity index (χ4v) is 2.78. The first-order chi connectivity index (χ1) is 9.81. The molecule has 2 aromatic rings. The summed E-state index contributed by atoms with van der Waals surface area (Å²) in [5.74, 6) is 0. The summed E-state index contributed by atoms with van der Waals surface area (Å²) in [7, 11) is 0. The van der Waals surface area contributed by atoms with E-state index in [2.05, 4.69) is 15.5 Å². The van der Waals surface area contributed by atoms with Gasteiger partial charge < -0.3 is 10.4 Å². The lowest BCUT2D eigenvalue weighted by Crippen LogP contribution is -2.45. The minimum Gasteiger partial charge on any atom is -0.394 e. The highest BCUT2D eigenvalue weighted by Crippen LogP contribution is 2.29. The van der Waals surface area contributed by atoms with Crippen LogP contribution in [-0.2, 0) is 6.54 Å². The van der Waals surface area contributed by atoms with Crippen LogP contribution in [0.4, 0.5) is 0 Å². The average molecular weight is 272 g/mol. The summed E-state index contributed by atoms with van der Waals surface area (Å²) in [5.41, 5.74) is 1.74. The summed E-state index contributed by atoms with van der Waals surface area (Å²) in [6, 6.07) is 9.86. The standard InChI is InChI=1S/C15H20N4O/c20-12-15(8-4-5-9-15)16-10-13-11-17-19(18-13)14-6-2-1-3-7-14/h1-3,6-7,11,16,20H,4-5,8-10,12H2. The second kappa shape index (κ2) is 5.73. The predicted octanol–water partition coefficient (Wildman–Crippen LogP) is 1.66. The quantitative estimate of drug-likeness (QED) is 0.869. The Bertz CT molecular complexity index is 546. The van der Waals surface area contributed by atoms with Crippen molar-refractivity contribution < 1.29 is 5.11 Å². The number of nitrogens with one attached hydrogen (secondary N) is 1. The number of aliphatic hydroxyl groups is 1. The third kappa shape index (κ3) is 2.73. The van der Waals surface area contributed by atoms with Gasteiger partial charge in [0.15, 0.2) is 0 Å². The molecule has 0 bridgehead atoms. The Balaban J connectivity index is 1.66. The van der Waals surface area contributed by atoms with Gasteiger partial charge in [-0.3, -0.25) is 0 Å². The van der Waals surface area contributed by atoms with Crippen LogP contribution in [0.2, 0.25) is 0 Å². The van der Waals surface area contributed by atoms with Gasteiger partial charge in [-0.15, -0.1) is 0 Å². The van der Waals surface area contributed by atoms with Crippen LogP contribution in [0.1, 0.15) is 31.4 Å². The predicted molar refractivity (Wildman–Crippen MR) is 76.5 cm³/mol. The molecular formula is C15H20N4O. The van der Waals surface area contributed by atoms with Crippen LogP contribution in [0.15, 0.2) is 36.5 Å². The van der Waals surface area contributed by atoms with E-state index in [1.54, 1.807) is 11.0 Å². The minimum absolute atomic E-state index is 0.115. The molecule has 0 radical (unpaired) electrons. The monoisotopic (exact) mass is 272 g/mol. The van der Waals surface area contributed by atoms with Crippen molar-refractivity contribution in [3.63, 3.8) is 0 Å². The van der Waals surface area contributed by atoms with Crippen molar-refractivity contribution in [3.8, 4) is 5.69 Å². The van der Waals surface area contributed by atoms with E-state index in [-0.39, 0.29) is 12.1 Å². The lowest BCUT2D eigenvalue weighted by molar-refractivity contribution is 0.162. The van der Waals surface area contributed by atoms with Crippen LogP contribution >= 0.6 is 0 Å². The molecule has 5 heteroatoms. The number of aliphatic hydroxyl groups excluding tert-OH is 1. The van der Waals surface area contributed by atoms with Crippen molar-refractivity contribution in [1.82, 2.24) is 20.3 Å². The fraction of sp³-hybridized carbons (Fsp3) is 0.467. The molecule has 3 rings (SSSR count). The maximum atomic E-state index is 9.57. The second-order valence-electron chi connectivity index (χ2n) is 5.46. The van der Waals surface area contributed by atoms with Gasteiger partial charge in [0, 0.05) is 12.1 Å². The van der Waals surface area contributed by atoms with Gasteiger partial charge in [-0.2, -0.15) is 15.0 Å². The maximum absolute atomic E-state index is 9.57. The van der Waals surface area contributed by atoms with Gasteiger partial charge in [0.2, 0.25) is 0 Å². The molecule has 0 atom stereocenters. The van der Waals surface area contributed by atoms with Gasteiger partial charge in [-0.25, -0.2) is 0 Å².